The molecular formula is C20H22N2O4. The molecule has 2 amide bonds. The van der Waals surface area contributed by atoms with E-state index < -0.39 is 0 Å². The number of hydrogen-bond donors (Lipinski definition) is 2. The van der Waals surface area contributed by atoms with E-state index in [-0.39, 0.29) is 18.4 Å². The molecule has 0 bridgehead atoms. The van der Waals surface area contributed by atoms with Gasteiger partial charge in [-0.15, -0.1) is 0 Å². The lowest BCUT2D eigenvalue weighted by atomic mass is 10.2. The highest BCUT2D eigenvalue weighted by Crippen LogP contribution is 2.28. The van der Waals surface area contributed by atoms with E-state index in [0.717, 1.165) is 5.56 Å². The molecule has 2 N–H and O–H groups in total. The lowest BCUT2D eigenvalue weighted by Crippen LogP contribution is -2.20. The van der Waals surface area contributed by atoms with E-state index in [1.165, 1.54) is 6.92 Å². The molecule has 0 unspecified atom stereocenters. The third-order valence-electron chi connectivity index (χ3n) is 3.37. The molecule has 2 aromatic rings. The number of carbonyl (C=O) groups excluding carboxylic acids is 2. The van der Waals surface area contributed by atoms with Crippen LogP contribution >= 0.6 is 0 Å². The van der Waals surface area contributed by atoms with Crippen LogP contribution in [0.25, 0.3) is 6.08 Å². The quantitative estimate of drug-likeness (QED) is 0.795. The molecule has 2 aromatic carbocycles. The molecular weight excluding hydrogens is 332 g/mol. The molecule has 0 aliphatic carbocycles. The summed E-state index contributed by atoms with van der Waals surface area (Å²) in [5.74, 6) is 0.554. The predicted octanol–water partition coefficient (Wildman–Crippen LogP) is 3.70. The van der Waals surface area contributed by atoms with Crippen LogP contribution in [0.3, 0.4) is 0 Å². The van der Waals surface area contributed by atoms with Crippen molar-refractivity contribution in [2.75, 3.05) is 24.4 Å². The Bertz CT molecular complexity index is 815. The first-order valence-electron chi connectivity index (χ1n) is 8.13. The highest BCUT2D eigenvalue weighted by Gasteiger charge is 2.09. The van der Waals surface area contributed by atoms with E-state index in [9.17, 15) is 9.59 Å². The fourth-order valence-corrected chi connectivity index (χ4v) is 2.32. The summed E-state index contributed by atoms with van der Waals surface area (Å²) in [4.78, 5) is 23.2. The van der Waals surface area contributed by atoms with Crippen LogP contribution in [0.2, 0.25) is 0 Å². The average Bonchev–Trinajstić information content (AvgIpc) is 2.60. The van der Waals surface area contributed by atoms with Crippen molar-refractivity contribution >= 4 is 29.3 Å². The van der Waals surface area contributed by atoms with Crippen molar-refractivity contribution < 1.29 is 19.1 Å². The fraction of sp³-hybridized carbons (Fsp3) is 0.200. The molecule has 0 aliphatic heterocycles. The van der Waals surface area contributed by atoms with Crippen LogP contribution < -0.4 is 20.1 Å². The van der Waals surface area contributed by atoms with Crippen molar-refractivity contribution in [2.24, 2.45) is 0 Å². The minimum absolute atomic E-state index is 0.163. The van der Waals surface area contributed by atoms with Crippen LogP contribution in [0.5, 0.6) is 11.5 Å². The Morgan fingerprint density at radius 3 is 2.42 bits per heavy atom. The zero-order valence-corrected chi connectivity index (χ0v) is 15.0. The molecule has 2 rings (SSSR count). The molecule has 0 aromatic heterocycles. The zero-order valence-electron chi connectivity index (χ0n) is 15.0. The zero-order chi connectivity index (χ0) is 18.9. The normalized spacial score (nSPS) is 10.4. The van der Waals surface area contributed by atoms with Crippen molar-refractivity contribution in [1.82, 2.24) is 0 Å². The molecule has 0 saturated heterocycles. The van der Waals surface area contributed by atoms with Crippen LogP contribution in [0, 0.1) is 0 Å². The standard InChI is InChI=1S/C20H22N2O4/c1-4-6-15-9-10-18(19(11-15)25-3)26-13-20(24)22-17-8-5-7-16(12-17)21-14(2)23/h4-12H,13H2,1-3H3,(H,21,23)(H,22,24). The second-order valence-electron chi connectivity index (χ2n) is 5.51. The van der Waals surface area contributed by atoms with Crippen LogP contribution in [-0.2, 0) is 9.59 Å². The molecule has 0 heterocycles. The third kappa shape index (κ3) is 5.66. The molecule has 26 heavy (non-hydrogen) atoms. The molecule has 136 valence electrons. The smallest absolute Gasteiger partial charge is 0.262 e. The van der Waals surface area contributed by atoms with Crippen molar-refractivity contribution in [1.29, 1.82) is 0 Å². The van der Waals surface area contributed by atoms with Crippen molar-refractivity contribution in [3.8, 4) is 11.5 Å². The van der Waals surface area contributed by atoms with Crippen molar-refractivity contribution in [2.45, 2.75) is 13.8 Å². The Morgan fingerprint density at radius 1 is 1.04 bits per heavy atom. The van der Waals surface area contributed by atoms with Gasteiger partial charge < -0.3 is 20.1 Å². The summed E-state index contributed by atoms with van der Waals surface area (Å²) in [6.45, 7) is 3.19. The monoisotopic (exact) mass is 354 g/mol. The molecule has 6 heteroatoms. The Hall–Kier alpha value is -3.28. The summed E-state index contributed by atoms with van der Waals surface area (Å²) in [5.41, 5.74) is 2.16. The number of ether oxygens (including phenoxy) is 2. The average molecular weight is 354 g/mol. The lowest BCUT2D eigenvalue weighted by Gasteiger charge is -2.12. The maximum Gasteiger partial charge on any atom is 0.262 e. The number of carbonyl (C=O) groups is 2. The second-order valence-corrected chi connectivity index (χ2v) is 5.51. The van der Waals surface area contributed by atoms with E-state index >= 15 is 0 Å². The summed E-state index contributed by atoms with van der Waals surface area (Å²) in [6, 6.07) is 12.4. The number of anilines is 2. The number of allylic oxidation sites excluding steroid dienone is 1. The maximum atomic E-state index is 12.1. The fourth-order valence-electron chi connectivity index (χ4n) is 2.32. The van der Waals surface area contributed by atoms with Gasteiger partial charge >= 0.3 is 0 Å². The van der Waals surface area contributed by atoms with E-state index in [4.69, 9.17) is 9.47 Å². The number of amides is 2. The predicted molar refractivity (Wildman–Crippen MR) is 103 cm³/mol. The molecule has 0 aliphatic rings. The highest BCUT2D eigenvalue weighted by atomic mass is 16.5. The molecule has 0 saturated carbocycles. The van der Waals surface area contributed by atoms with Crippen LogP contribution in [0.15, 0.2) is 48.5 Å². The third-order valence-corrected chi connectivity index (χ3v) is 3.37. The summed E-state index contributed by atoms with van der Waals surface area (Å²) in [5, 5.41) is 5.39. The minimum Gasteiger partial charge on any atom is -0.493 e. The summed E-state index contributed by atoms with van der Waals surface area (Å²) < 4.78 is 10.9. The van der Waals surface area contributed by atoms with E-state index in [1.54, 1.807) is 37.4 Å². The Labute approximate surface area is 152 Å². The van der Waals surface area contributed by atoms with Gasteiger partial charge in [0, 0.05) is 18.3 Å². The van der Waals surface area contributed by atoms with Gasteiger partial charge in [-0.1, -0.05) is 24.3 Å². The first-order chi connectivity index (χ1) is 12.5. The van der Waals surface area contributed by atoms with E-state index in [0.29, 0.717) is 22.9 Å². The van der Waals surface area contributed by atoms with Gasteiger partial charge in [0.25, 0.3) is 5.91 Å². The lowest BCUT2D eigenvalue weighted by molar-refractivity contribution is -0.118. The van der Waals surface area contributed by atoms with Gasteiger partial charge in [0.1, 0.15) is 0 Å². The SMILES string of the molecule is CC=Cc1ccc(OCC(=O)Nc2cccc(NC(C)=O)c2)c(OC)c1. The number of benzene rings is 2. The largest absolute Gasteiger partial charge is 0.493 e. The van der Waals surface area contributed by atoms with Gasteiger partial charge in [-0.05, 0) is 42.8 Å². The van der Waals surface area contributed by atoms with Crippen molar-refractivity contribution in [3.05, 3.63) is 54.1 Å². The summed E-state index contributed by atoms with van der Waals surface area (Å²) >= 11 is 0. The topological polar surface area (TPSA) is 76.7 Å². The van der Waals surface area contributed by atoms with Crippen LogP contribution in [0.4, 0.5) is 11.4 Å². The van der Waals surface area contributed by atoms with E-state index in [2.05, 4.69) is 10.6 Å². The number of methoxy groups -OCH3 is 1. The number of hydrogen-bond acceptors (Lipinski definition) is 4. The number of rotatable bonds is 7. The first-order valence-corrected chi connectivity index (χ1v) is 8.13. The second kappa shape index (κ2) is 9.27. The number of nitrogens with one attached hydrogen (secondary N) is 2. The molecule has 0 radical (unpaired) electrons. The van der Waals surface area contributed by atoms with Gasteiger partial charge in [0.05, 0.1) is 7.11 Å². The van der Waals surface area contributed by atoms with Crippen molar-refractivity contribution in [3.63, 3.8) is 0 Å². The Kier molecular flexibility index (Phi) is 6.79. The van der Waals surface area contributed by atoms with E-state index in [1.807, 2.05) is 31.2 Å². The Morgan fingerprint density at radius 2 is 1.77 bits per heavy atom. The van der Waals surface area contributed by atoms with Crippen LogP contribution in [-0.4, -0.2) is 25.5 Å². The van der Waals surface area contributed by atoms with Gasteiger partial charge in [0.2, 0.25) is 5.91 Å². The highest BCUT2D eigenvalue weighted by molar-refractivity contribution is 5.94. The molecule has 0 atom stereocenters. The minimum atomic E-state index is -0.315. The van der Waals surface area contributed by atoms with Gasteiger partial charge in [0.15, 0.2) is 18.1 Å². The maximum absolute atomic E-state index is 12.1. The Balaban J connectivity index is 1.97. The van der Waals surface area contributed by atoms with Gasteiger partial charge in [-0.3, -0.25) is 9.59 Å². The summed E-state index contributed by atoms with van der Waals surface area (Å²) in [7, 11) is 1.55. The van der Waals surface area contributed by atoms with Gasteiger partial charge in [-0.25, -0.2) is 0 Å². The van der Waals surface area contributed by atoms with Crippen LogP contribution in [0.1, 0.15) is 19.4 Å². The first kappa shape index (κ1) is 19.1. The molecule has 0 spiro atoms. The van der Waals surface area contributed by atoms with Gasteiger partial charge in [-0.2, -0.15) is 0 Å². The summed E-state index contributed by atoms with van der Waals surface area (Å²) in [6.07, 6.45) is 3.87. The molecule has 6 nitrogen and oxygen atoms in total. The molecule has 0 fully saturated rings.